The highest BCUT2D eigenvalue weighted by Gasteiger charge is 2.30. The minimum atomic E-state index is -0.983. The van der Waals surface area contributed by atoms with Gasteiger partial charge in [0.05, 0.1) is 16.2 Å². The van der Waals surface area contributed by atoms with E-state index in [2.05, 4.69) is 5.32 Å². The van der Waals surface area contributed by atoms with Crippen LogP contribution in [-0.4, -0.2) is 36.4 Å². The van der Waals surface area contributed by atoms with Crippen LogP contribution in [0.25, 0.3) is 0 Å². The number of hydrogen-bond acceptors (Lipinski definition) is 3. The maximum Gasteiger partial charge on any atom is 0.254 e. The molecule has 0 radical (unpaired) electrons. The third-order valence-electron chi connectivity index (χ3n) is 3.20. The Kier molecular flexibility index (Phi) is 4.39. The topological polar surface area (TPSA) is 58.6 Å². The minimum absolute atomic E-state index is 0.0706. The molecular formula is C13H15ClFNO3. The summed E-state index contributed by atoms with van der Waals surface area (Å²) in [6.45, 7) is 0.983. The van der Waals surface area contributed by atoms with E-state index < -0.39 is 17.3 Å². The molecule has 0 atom stereocenters. The van der Waals surface area contributed by atoms with Gasteiger partial charge in [-0.05, 0) is 12.1 Å². The molecule has 0 aliphatic carbocycles. The van der Waals surface area contributed by atoms with Gasteiger partial charge in [-0.2, -0.15) is 0 Å². The number of hydrogen-bond donors (Lipinski definition) is 2. The second kappa shape index (κ2) is 5.86. The lowest BCUT2D eigenvalue weighted by atomic mass is 9.94. The lowest BCUT2D eigenvalue weighted by Gasteiger charge is -2.32. The van der Waals surface area contributed by atoms with Crippen molar-refractivity contribution in [2.75, 3.05) is 19.8 Å². The van der Waals surface area contributed by atoms with Gasteiger partial charge in [0.1, 0.15) is 0 Å². The summed E-state index contributed by atoms with van der Waals surface area (Å²) in [4.78, 5) is 11.9. The van der Waals surface area contributed by atoms with Crippen molar-refractivity contribution in [2.24, 2.45) is 0 Å². The third-order valence-corrected chi connectivity index (χ3v) is 3.49. The van der Waals surface area contributed by atoms with Crippen LogP contribution in [0, 0.1) is 5.82 Å². The van der Waals surface area contributed by atoms with Gasteiger partial charge in [0.15, 0.2) is 5.82 Å². The smallest absolute Gasteiger partial charge is 0.254 e. The number of aliphatic hydroxyl groups is 1. The van der Waals surface area contributed by atoms with Crippen LogP contribution in [0.2, 0.25) is 5.02 Å². The minimum Gasteiger partial charge on any atom is -0.388 e. The van der Waals surface area contributed by atoms with Crippen LogP contribution < -0.4 is 5.32 Å². The number of rotatable bonds is 3. The predicted molar refractivity (Wildman–Crippen MR) is 68.7 cm³/mol. The average molecular weight is 288 g/mol. The standard InChI is InChI=1S/C13H15ClFNO3/c14-10-3-1-2-9(11(10)15)12(17)16-8-13(18)4-6-19-7-5-13/h1-3,18H,4-8H2,(H,16,17). The number of carbonyl (C=O) groups excluding carboxylic acids is 1. The summed E-state index contributed by atoms with van der Waals surface area (Å²) in [6.07, 6.45) is 0.899. The molecule has 2 rings (SSSR count). The number of carbonyl (C=O) groups is 1. The molecule has 1 heterocycles. The molecule has 104 valence electrons. The van der Waals surface area contributed by atoms with E-state index in [1.54, 1.807) is 0 Å². The van der Waals surface area contributed by atoms with E-state index in [-0.39, 0.29) is 17.1 Å². The summed E-state index contributed by atoms with van der Waals surface area (Å²) in [7, 11) is 0. The lowest BCUT2D eigenvalue weighted by Crippen LogP contribution is -2.46. The molecule has 1 aliphatic heterocycles. The predicted octanol–water partition coefficient (Wildman–Crippen LogP) is 1.75. The second-order valence-electron chi connectivity index (χ2n) is 4.62. The lowest BCUT2D eigenvalue weighted by molar-refractivity contribution is -0.0605. The van der Waals surface area contributed by atoms with Crippen molar-refractivity contribution in [3.8, 4) is 0 Å². The van der Waals surface area contributed by atoms with Gasteiger partial charge in [0.2, 0.25) is 0 Å². The first-order valence-electron chi connectivity index (χ1n) is 6.04. The molecule has 1 amide bonds. The zero-order valence-electron chi connectivity index (χ0n) is 10.3. The Morgan fingerprint density at radius 3 is 2.84 bits per heavy atom. The molecule has 0 saturated carbocycles. The molecular weight excluding hydrogens is 273 g/mol. The van der Waals surface area contributed by atoms with Gasteiger partial charge in [-0.3, -0.25) is 4.79 Å². The monoisotopic (exact) mass is 287 g/mol. The van der Waals surface area contributed by atoms with Crippen molar-refractivity contribution >= 4 is 17.5 Å². The molecule has 0 bridgehead atoms. The normalized spacial score (nSPS) is 18.1. The molecule has 0 aromatic heterocycles. The van der Waals surface area contributed by atoms with Crippen LogP contribution >= 0.6 is 11.6 Å². The SMILES string of the molecule is O=C(NCC1(O)CCOCC1)c1cccc(Cl)c1F. The first kappa shape index (κ1) is 14.2. The van der Waals surface area contributed by atoms with E-state index in [0.29, 0.717) is 26.1 Å². The molecule has 4 nitrogen and oxygen atoms in total. The van der Waals surface area contributed by atoms with Crippen molar-refractivity contribution < 1.29 is 19.0 Å². The van der Waals surface area contributed by atoms with Crippen LogP contribution in [0.3, 0.4) is 0 Å². The molecule has 0 unspecified atom stereocenters. The summed E-state index contributed by atoms with van der Waals surface area (Å²) >= 11 is 5.61. The van der Waals surface area contributed by atoms with Crippen LogP contribution in [-0.2, 0) is 4.74 Å². The maximum absolute atomic E-state index is 13.6. The Balaban J connectivity index is 1.99. The summed E-state index contributed by atoms with van der Waals surface area (Å²) in [5.41, 5.74) is -1.11. The first-order valence-corrected chi connectivity index (χ1v) is 6.42. The van der Waals surface area contributed by atoms with Crippen molar-refractivity contribution in [2.45, 2.75) is 18.4 Å². The first-order chi connectivity index (χ1) is 9.02. The highest BCUT2D eigenvalue weighted by molar-refractivity contribution is 6.31. The zero-order valence-corrected chi connectivity index (χ0v) is 11.0. The van der Waals surface area contributed by atoms with Gasteiger partial charge in [0.25, 0.3) is 5.91 Å². The summed E-state index contributed by atoms with van der Waals surface area (Å²) in [6, 6.07) is 4.23. The van der Waals surface area contributed by atoms with E-state index in [0.717, 1.165) is 0 Å². The Hall–Kier alpha value is -1.17. The van der Waals surface area contributed by atoms with Crippen LogP contribution in [0.5, 0.6) is 0 Å². The number of ether oxygens (including phenoxy) is 1. The van der Waals surface area contributed by atoms with E-state index in [4.69, 9.17) is 16.3 Å². The van der Waals surface area contributed by atoms with Crippen molar-refractivity contribution in [3.63, 3.8) is 0 Å². The molecule has 19 heavy (non-hydrogen) atoms. The summed E-state index contributed by atoms with van der Waals surface area (Å²) in [5, 5.41) is 12.6. The van der Waals surface area contributed by atoms with E-state index in [9.17, 15) is 14.3 Å². The Labute approximate surface area is 115 Å². The molecule has 0 spiro atoms. The quantitative estimate of drug-likeness (QED) is 0.890. The van der Waals surface area contributed by atoms with Gasteiger partial charge in [0, 0.05) is 32.6 Å². The van der Waals surface area contributed by atoms with Crippen molar-refractivity contribution in [1.29, 1.82) is 0 Å². The highest BCUT2D eigenvalue weighted by atomic mass is 35.5. The number of benzene rings is 1. The zero-order chi connectivity index (χ0) is 13.9. The highest BCUT2D eigenvalue weighted by Crippen LogP contribution is 2.20. The Morgan fingerprint density at radius 1 is 1.47 bits per heavy atom. The molecule has 1 saturated heterocycles. The van der Waals surface area contributed by atoms with Gasteiger partial charge in [-0.15, -0.1) is 0 Å². The number of halogens is 2. The maximum atomic E-state index is 13.6. The molecule has 6 heteroatoms. The summed E-state index contributed by atoms with van der Waals surface area (Å²) in [5.74, 6) is -1.33. The van der Waals surface area contributed by atoms with Crippen LogP contribution in [0.4, 0.5) is 4.39 Å². The average Bonchev–Trinajstić information content (AvgIpc) is 2.40. The largest absolute Gasteiger partial charge is 0.388 e. The fourth-order valence-electron chi connectivity index (χ4n) is 1.95. The fraction of sp³-hybridized carbons (Fsp3) is 0.462. The van der Waals surface area contributed by atoms with Gasteiger partial charge < -0.3 is 15.2 Å². The van der Waals surface area contributed by atoms with E-state index >= 15 is 0 Å². The fourth-order valence-corrected chi connectivity index (χ4v) is 2.12. The second-order valence-corrected chi connectivity index (χ2v) is 5.03. The van der Waals surface area contributed by atoms with Crippen LogP contribution in [0.1, 0.15) is 23.2 Å². The molecule has 1 aromatic rings. The van der Waals surface area contributed by atoms with Crippen molar-refractivity contribution in [3.05, 3.63) is 34.6 Å². The number of amides is 1. The molecule has 1 aromatic carbocycles. The van der Waals surface area contributed by atoms with Gasteiger partial charge in [-0.1, -0.05) is 17.7 Å². The third kappa shape index (κ3) is 3.43. The van der Waals surface area contributed by atoms with E-state index in [1.807, 2.05) is 0 Å². The van der Waals surface area contributed by atoms with E-state index in [1.165, 1.54) is 18.2 Å². The Morgan fingerprint density at radius 2 is 2.16 bits per heavy atom. The Bertz CT molecular complexity index is 475. The van der Waals surface area contributed by atoms with Crippen LogP contribution in [0.15, 0.2) is 18.2 Å². The van der Waals surface area contributed by atoms with Gasteiger partial charge in [-0.25, -0.2) is 4.39 Å². The molecule has 1 fully saturated rings. The van der Waals surface area contributed by atoms with Crippen molar-refractivity contribution in [1.82, 2.24) is 5.32 Å². The number of nitrogens with one attached hydrogen (secondary N) is 1. The summed E-state index contributed by atoms with van der Waals surface area (Å²) < 4.78 is 18.8. The van der Waals surface area contributed by atoms with Gasteiger partial charge >= 0.3 is 0 Å². The molecule has 1 aliphatic rings. The molecule has 2 N–H and O–H groups in total.